The monoisotopic (exact) mass is 608 g/mol. The Labute approximate surface area is 281 Å². The van der Waals surface area contributed by atoms with Crippen LogP contribution < -0.4 is 0 Å². The molecule has 0 saturated heterocycles. The third-order valence-electron chi connectivity index (χ3n) is 9.66. The highest BCUT2D eigenvalue weighted by Gasteiger charge is 2.18. The fraction of sp³-hybridized carbons (Fsp3) is 0. The fourth-order valence-corrected chi connectivity index (χ4v) is 7.49. The second kappa shape index (κ2) is 11.8. The molecule has 0 nitrogen and oxygen atoms in total. The molecule has 0 fully saturated rings. The Morgan fingerprint density at radius 2 is 0.667 bits per heavy atom. The first-order chi connectivity index (χ1) is 23.8. The topological polar surface area (TPSA) is 0 Å². The predicted octanol–water partition coefficient (Wildman–Crippen LogP) is 13.5. The van der Waals surface area contributed by atoms with E-state index in [0.29, 0.717) is 0 Å². The van der Waals surface area contributed by atoms with Crippen molar-refractivity contribution in [3.05, 3.63) is 194 Å². The molecule has 0 bridgehead atoms. The molecule has 0 aliphatic rings. The highest BCUT2D eigenvalue weighted by Crippen LogP contribution is 2.45. The quantitative estimate of drug-likeness (QED) is 0.171. The van der Waals surface area contributed by atoms with Gasteiger partial charge >= 0.3 is 0 Å². The molecule has 0 atom stereocenters. The van der Waals surface area contributed by atoms with Gasteiger partial charge in [0.25, 0.3) is 0 Å². The molecule has 0 radical (unpaired) electrons. The average Bonchev–Trinajstić information content (AvgIpc) is 3.17. The molecule has 9 aromatic rings. The van der Waals surface area contributed by atoms with Gasteiger partial charge in [-0.1, -0.05) is 182 Å². The molecule has 0 heterocycles. The molecule has 48 heavy (non-hydrogen) atoms. The van der Waals surface area contributed by atoms with Gasteiger partial charge in [-0.25, -0.2) is 0 Å². The normalized spacial score (nSPS) is 11.3. The van der Waals surface area contributed by atoms with Gasteiger partial charge in [-0.15, -0.1) is 0 Å². The van der Waals surface area contributed by atoms with Crippen molar-refractivity contribution >= 4 is 32.3 Å². The van der Waals surface area contributed by atoms with E-state index in [0.717, 1.165) is 0 Å². The highest BCUT2D eigenvalue weighted by molar-refractivity contribution is 6.21. The summed E-state index contributed by atoms with van der Waals surface area (Å²) >= 11 is 0. The molecule has 9 aromatic carbocycles. The van der Waals surface area contributed by atoms with E-state index in [2.05, 4.69) is 194 Å². The van der Waals surface area contributed by atoms with E-state index in [4.69, 9.17) is 0 Å². The number of rotatable bonds is 5. The molecular formula is C48H32. The van der Waals surface area contributed by atoms with E-state index in [1.165, 1.54) is 88.0 Å². The molecule has 224 valence electrons. The van der Waals surface area contributed by atoms with Crippen LogP contribution in [0.1, 0.15) is 0 Å². The molecule has 0 heteroatoms. The smallest absolute Gasteiger partial charge is 0.00261 e. The van der Waals surface area contributed by atoms with Crippen molar-refractivity contribution in [2.45, 2.75) is 0 Å². The van der Waals surface area contributed by atoms with Crippen molar-refractivity contribution in [1.29, 1.82) is 0 Å². The fourth-order valence-electron chi connectivity index (χ4n) is 7.49. The molecule has 0 N–H and O–H groups in total. The Balaban J connectivity index is 1.28. The molecule has 0 spiro atoms. The van der Waals surface area contributed by atoms with Crippen molar-refractivity contribution in [1.82, 2.24) is 0 Å². The summed E-state index contributed by atoms with van der Waals surface area (Å²) in [4.78, 5) is 0. The minimum Gasteiger partial charge on any atom is -0.0622 e. The van der Waals surface area contributed by atoms with Crippen LogP contribution in [0.4, 0.5) is 0 Å². The van der Waals surface area contributed by atoms with E-state index < -0.39 is 0 Å². The number of fused-ring (bicyclic) bond motifs is 3. The summed E-state index contributed by atoms with van der Waals surface area (Å²) in [5.74, 6) is 0. The van der Waals surface area contributed by atoms with Gasteiger partial charge in [0.05, 0.1) is 0 Å². The molecule has 0 aliphatic carbocycles. The lowest BCUT2D eigenvalue weighted by molar-refractivity contribution is 1.57. The zero-order chi connectivity index (χ0) is 31.9. The summed E-state index contributed by atoms with van der Waals surface area (Å²) < 4.78 is 0. The Morgan fingerprint density at radius 1 is 0.208 bits per heavy atom. The van der Waals surface area contributed by atoms with Crippen LogP contribution in [0.3, 0.4) is 0 Å². The molecule has 9 rings (SSSR count). The van der Waals surface area contributed by atoms with Gasteiger partial charge < -0.3 is 0 Å². The van der Waals surface area contributed by atoms with Crippen LogP contribution in [-0.2, 0) is 0 Å². The Kier molecular flexibility index (Phi) is 6.91. The standard InChI is InChI=1S/C48H32/c1-3-15-34(16-4-1)46-32-38(29-30-41(46)37-22-13-21-36(31-37)40-28-14-20-33-17-7-8-23-39(33)40)48-44-26-11-9-24-42(44)47(35-18-5-2-6-19-35)43-25-10-12-27-45(43)48/h1-32H. The van der Waals surface area contributed by atoms with Gasteiger partial charge in [0.15, 0.2) is 0 Å². The van der Waals surface area contributed by atoms with E-state index in [9.17, 15) is 0 Å². The summed E-state index contributed by atoms with van der Waals surface area (Å²) in [7, 11) is 0. The molecule has 0 aromatic heterocycles. The third kappa shape index (κ3) is 4.78. The summed E-state index contributed by atoms with van der Waals surface area (Å²) in [5.41, 5.74) is 12.4. The largest absolute Gasteiger partial charge is 0.0622 e. The van der Waals surface area contributed by atoms with E-state index >= 15 is 0 Å². The molecule has 0 saturated carbocycles. The van der Waals surface area contributed by atoms with E-state index in [1.54, 1.807) is 0 Å². The van der Waals surface area contributed by atoms with Crippen LogP contribution in [0.25, 0.3) is 88.0 Å². The van der Waals surface area contributed by atoms with Gasteiger partial charge in [0.1, 0.15) is 0 Å². The maximum absolute atomic E-state index is 2.41. The summed E-state index contributed by atoms with van der Waals surface area (Å²) in [6, 6.07) is 70.7. The van der Waals surface area contributed by atoms with Crippen LogP contribution in [-0.4, -0.2) is 0 Å². The molecule has 0 unspecified atom stereocenters. The lowest BCUT2D eigenvalue weighted by Gasteiger charge is -2.19. The van der Waals surface area contributed by atoms with Crippen LogP contribution >= 0.6 is 0 Å². The maximum Gasteiger partial charge on any atom is -0.00261 e. The van der Waals surface area contributed by atoms with Crippen molar-refractivity contribution in [2.75, 3.05) is 0 Å². The second-order valence-corrected chi connectivity index (χ2v) is 12.4. The lowest BCUT2D eigenvalue weighted by atomic mass is 9.84. The zero-order valence-corrected chi connectivity index (χ0v) is 26.5. The van der Waals surface area contributed by atoms with Crippen molar-refractivity contribution in [2.24, 2.45) is 0 Å². The van der Waals surface area contributed by atoms with Crippen LogP contribution in [0, 0.1) is 0 Å². The van der Waals surface area contributed by atoms with Gasteiger partial charge in [0.2, 0.25) is 0 Å². The van der Waals surface area contributed by atoms with Gasteiger partial charge in [-0.3, -0.25) is 0 Å². The number of benzene rings is 9. The summed E-state index contributed by atoms with van der Waals surface area (Å²) in [6.07, 6.45) is 0. The zero-order valence-electron chi connectivity index (χ0n) is 26.5. The predicted molar refractivity (Wildman–Crippen MR) is 206 cm³/mol. The minimum atomic E-state index is 1.21. The van der Waals surface area contributed by atoms with E-state index in [-0.39, 0.29) is 0 Å². The maximum atomic E-state index is 2.41. The Morgan fingerprint density at radius 3 is 1.31 bits per heavy atom. The average molecular weight is 609 g/mol. The van der Waals surface area contributed by atoms with Crippen LogP contribution in [0.2, 0.25) is 0 Å². The lowest BCUT2D eigenvalue weighted by Crippen LogP contribution is -1.92. The first kappa shape index (κ1) is 28.0. The Bertz CT molecular complexity index is 2530. The second-order valence-electron chi connectivity index (χ2n) is 12.4. The van der Waals surface area contributed by atoms with Crippen molar-refractivity contribution in [3.63, 3.8) is 0 Å². The number of hydrogen-bond acceptors (Lipinski definition) is 0. The summed E-state index contributed by atoms with van der Waals surface area (Å²) in [6.45, 7) is 0. The van der Waals surface area contributed by atoms with Gasteiger partial charge in [-0.2, -0.15) is 0 Å². The van der Waals surface area contributed by atoms with Gasteiger partial charge in [0, 0.05) is 0 Å². The summed E-state index contributed by atoms with van der Waals surface area (Å²) in [5, 5.41) is 7.59. The minimum absolute atomic E-state index is 1.21. The molecular weight excluding hydrogens is 577 g/mol. The van der Waals surface area contributed by atoms with E-state index in [1.807, 2.05) is 0 Å². The van der Waals surface area contributed by atoms with Crippen LogP contribution in [0.15, 0.2) is 194 Å². The molecule has 0 amide bonds. The molecule has 0 aliphatic heterocycles. The van der Waals surface area contributed by atoms with Crippen molar-refractivity contribution < 1.29 is 0 Å². The van der Waals surface area contributed by atoms with Gasteiger partial charge in [-0.05, 0) is 100 Å². The highest BCUT2D eigenvalue weighted by atomic mass is 14.2. The van der Waals surface area contributed by atoms with Crippen molar-refractivity contribution in [3.8, 4) is 55.6 Å². The first-order valence-corrected chi connectivity index (χ1v) is 16.6. The third-order valence-corrected chi connectivity index (χ3v) is 9.66. The Hall–Kier alpha value is -6.24. The van der Waals surface area contributed by atoms with Crippen LogP contribution in [0.5, 0.6) is 0 Å². The number of hydrogen-bond donors (Lipinski definition) is 0. The SMILES string of the molecule is c1ccc(-c2cc(-c3c4ccccc4c(-c4ccccc4)c4ccccc34)ccc2-c2cccc(-c3cccc4ccccc34)c2)cc1. The first-order valence-electron chi connectivity index (χ1n) is 16.6.